The molecule has 124 valence electrons. The minimum Gasteiger partial charge on any atom is -0.422 e. The minimum atomic E-state index is -1.28. The lowest BCUT2D eigenvalue weighted by molar-refractivity contribution is -0.240. The highest BCUT2D eigenvalue weighted by molar-refractivity contribution is 5.98. The van der Waals surface area contributed by atoms with Crippen LogP contribution in [0.1, 0.15) is 30.9 Å². The zero-order chi connectivity index (χ0) is 17.3. The molecule has 1 aliphatic heterocycles. The summed E-state index contributed by atoms with van der Waals surface area (Å²) in [7, 11) is 0. The SMILES string of the molecule is CC1(C)OC(=O)C(C(c2ccccc2)c2ccc(F)cc2)C(=O)O1. The van der Waals surface area contributed by atoms with E-state index >= 15 is 0 Å². The first-order chi connectivity index (χ1) is 11.4. The molecule has 2 aromatic carbocycles. The lowest BCUT2D eigenvalue weighted by Gasteiger charge is -2.36. The molecule has 0 amide bonds. The Bertz CT molecular complexity index is 733. The Hall–Kier alpha value is -2.69. The summed E-state index contributed by atoms with van der Waals surface area (Å²) in [6.07, 6.45) is 0. The van der Waals surface area contributed by atoms with Crippen molar-refractivity contribution in [2.24, 2.45) is 5.92 Å². The number of benzene rings is 2. The number of esters is 2. The van der Waals surface area contributed by atoms with Crippen LogP contribution in [0.25, 0.3) is 0 Å². The fourth-order valence-electron chi connectivity index (χ4n) is 2.91. The van der Waals surface area contributed by atoms with Gasteiger partial charge in [0.2, 0.25) is 0 Å². The van der Waals surface area contributed by atoms with Gasteiger partial charge < -0.3 is 9.47 Å². The number of ether oxygens (including phenoxy) is 2. The predicted molar refractivity (Wildman–Crippen MR) is 84.4 cm³/mol. The summed E-state index contributed by atoms with van der Waals surface area (Å²) in [5.41, 5.74) is 1.39. The molecule has 5 heteroatoms. The van der Waals surface area contributed by atoms with Crippen molar-refractivity contribution in [1.29, 1.82) is 0 Å². The van der Waals surface area contributed by atoms with Gasteiger partial charge in [0.1, 0.15) is 5.82 Å². The third kappa shape index (κ3) is 3.15. The minimum absolute atomic E-state index is 0.388. The molecule has 24 heavy (non-hydrogen) atoms. The summed E-state index contributed by atoms with van der Waals surface area (Å²) in [6, 6.07) is 14.8. The van der Waals surface area contributed by atoms with E-state index in [0.29, 0.717) is 5.56 Å². The molecular weight excluding hydrogens is 311 g/mol. The second-order valence-electron chi connectivity index (χ2n) is 6.16. The first kappa shape index (κ1) is 16.2. The molecule has 0 saturated carbocycles. The summed E-state index contributed by atoms with van der Waals surface area (Å²) < 4.78 is 23.8. The van der Waals surface area contributed by atoms with E-state index in [1.807, 2.05) is 30.3 Å². The molecule has 1 saturated heterocycles. The van der Waals surface area contributed by atoms with Gasteiger partial charge in [0.05, 0.1) is 0 Å². The average Bonchev–Trinajstić information content (AvgIpc) is 2.52. The molecule has 3 rings (SSSR count). The van der Waals surface area contributed by atoms with Gasteiger partial charge in [0.15, 0.2) is 5.92 Å². The molecule has 0 N–H and O–H groups in total. The Labute approximate surface area is 139 Å². The van der Waals surface area contributed by atoms with E-state index in [-0.39, 0.29) is 5.82 Å². The summed E-state index contributed by atoms with van der Waals surface area (Å²) in [5.74, 6) is -4.70. The second kappa shape index (κ2) is 6.07. The molecular formula is C19H17FO4. The topological polar surface area (TPSA) is 52.6 Å². The largest absolute Gasteiger partial charge is 0.422 e. The molecule has 0 spiro atoms. The molecule has 2 aromatic rings. The quantitative estimate of drug-likeness (QED) is 0.640. The molecule has 0 bridgehead atoms. The van der Waals surface area contributed by atoms with Gasteiger partial charge in [-0.1, -0.05) is 42.5 Å². The molecule has 0 aliphatic carbocycles. The van der Waals surface area contributed by atoms with Gasteiger partial charge in [0, 0.05) is 19.8 Å². The van der Waals surface area contributed by atoms with Crippen molar-refractivity contribution in [3.8, 4) is 0 Å². The maximum atomic E-state index is 13.3. The zero-order valence-electron chi connectivity index (χ0n) is 13.4. The lowest BCUT2D eigenvalue weighted by Crippen LogP contribution is -2.48. The van der Waals surface area contributed by atoms with Crippen molar-refractivity contribution in [1.82, 2.24) is 0 Å². The van der Waals surface area contributed by atoms with Gasteiger partial charge in [-0.05, 0) is 23.3 Å². The molecule has 1 unspecified atom stereocenters. The van der Waals surface area contributed by atoms with Gasteiger partial charge in [-0.2, -0.15) is 0 Å². The number of halogens is 1. The Morgan fingerprint density at radius 2 is 1.38 bits per heavy atom. The highest BCUT2D eigenvalue weighted by Gasteiger charge is 2.48. The second-order valence-corrected chi connectivity index (χ2v) is 6.16. The Balaban J connectivity index is 2.07. The van der Waals surface area contributed by atoms with Crippen LogP contribution in [-0.2, 0) is 19.1 Å². The van der Waals surface area contributed by atoms with E-state index in [2.05, 4.69) is 0 Å². The number of carbonyl (C=O) groups is 2. The smallest absolute Gasteiger partial charge is 0.324 e. The maximum absolute atomic E-state index is 13.3. The van der Waals surface area contributed by atoms with Crippen molar-refractivity contribution < 1.29 is 23.5 Å². The van der Waals surface area contributed by atoms with E-state index < -0.39 is 29.6 Å². The van der Waals surface area contributed by atoms with Gasteiger partial charge in [-0.25, -0.2) is 4.39 Å². The van der Waals surface area contributed by atoms with Crippen LogP contribution in [0.5, 0.6) is 0 Å². The van der Waals surface area contributed by atoms with Crippen LogP contribution in [0.15, 0.2) is 54.6 Å². The van der Waals surface area contributed by atoms with Crippen molar-refractivity contribution in [3.05, 3.63) is 71.5 Å². The predicted octanol–water partition coefficient (Wildman–Crippen LogP) is 3.41. The van der Waals surface area contributed by atoms with E-state index in [0.717, 1.165) is 5.56 Å². The number of hydrogen-bond donors (Lipinski definition) is 0. The summed E-state index contributed by atoms with van der Waals surface area (Å²) in [6.45, 7) is 3.02. The number of rotatable bonds is 3. The molecule has 1 fully saturated rings. The first-order valence-electron chi connectivity index (χ1n) is 7.63. The van der Waals surface area contributed by atoms with Gasteiger partial charge in [-0.3, -0.25) is 9.59 Å². The van der Waals surface area contributed by atoms with Crippen molar-refractivity contribution >= 4 is 11.9 Å². The zero-order valence-corrected chi connectivity index (χ0v) is 13.4. The summed E-state index contributed by atoms with van der Waals surface area (Å²) in [4.78, 5) is 25.0. The first-order valence-corrected chi connectivity index (χ1v) is 7.63. The molecule has 0 aromatic heterocycles. The van der Waals surface area contributed by atoms with E-state index in [1.165, 1.54) is 26.0 Å². The van der Waals surface area contributed by atoms with Crippen LogP contribution in [0.2, 0.25) is 0 Å². The fraction of sp³-hybridized carbons (Fsp3) is 0.263. The molecule has 0 radical (unpaired) electrons. The van der Waals surface area contributed by atoms with Gasteiger partial charge in [-0.15, -0.1) is 0 Å². The highest BCUT2D eigenvalue weighted by atomic mass is 19.1. The average molecular weight is 328 g/mol. The van der Waals surface area contributed by atoms with E-state index in [1.54, 1.807) is 12.1 Å². The molecule has 1 aliphatic rings. The molecule has 4 nitrogen and oxygen atoms in total. The fourth-order valence-corrected chi connectivity index (χ4v) is 2.91. The normalized spacial score (nSPS) is 18.6. The summed E-state index contributed by atoms with van der Waals surface area (Å²) >= 11 is 0. The van der Waals surface area contributed by atoms with Gasteiger partial charge >= 0.3 is 11.9 Å². The Morgan fingerprint density at radius 1 is 0.875 bits per heavy atom. The van der Waals surface area contributed by atoms with Crippen LogP contribution >= 0.6 is 0 Å². The number of carbonyl (C=O) groups excluding carboxylic acids is 2. The van der Waals surface area contributed by atoms with Crippen molar-refractivity contribution in [2.75, 3.05) is 0 Å². The maximum Gasteiger partial charge on any atom is 0.324 e. The van der Waals surface area contributed by atoms with E-state index in [9.17, 15) is 14.0 Å². The highest BCUT2D eigenvalue weighted by Crippen LogP contribution is 2.37. The van der Waals surface area contributed by atoms with Crippen molar-refractivity contribution in [2.45, 2.75) is 25.6 Å². The standard InChI is InChI=1S/C19H17FO4/c1-19(2)23-17(21)16(18(22)24-19)15(12-6-4-3-5-7-12)13-8-10-14(20)11-9-13/h3-11,15-16H,1-2H3. The van der Waals surface area contributed by atoms with Crippen LogP contribution in [0.3, 0.4) is 0 Å². The molecule has 1 heterocycles. The monoisotopic (exact) mass is 328 g/mol. The lowest BCUT2D eigenvalue weighted by atomic mass is 9.80. The van der Waals surface area contributed by atoms with Crippen LogP contribution in [0.4, 0.5) is 4.39 Å². The van der Waals surface area contributed by atoms with Crippen molar-refractivity contribution in [3.63, 3.8) is 0 Å². The number of hydrogen-bond acceptors (Lipinski definition) is 4. The van der Waals surface area contributed by atoms with Gasteiger partial charge in [0.25, 0.3) is 5.79 Å². The third-order valence-electron chi connectivity index (χ3n) is 3.92. The molecule has 1 atom stereocenters. The van der Waals surface area contributed by atoms with Crippen LogP contribution in [-0.4, -0.2) is 17.7 Å². The van der Waals surface area contributed by atoms with Crippen LogP contribution in [0, 0.1) is 11.7 Å². The Morgan fingerprint density at radius 3 is 1.92 bits per heavy atom. The Kier molecular flexibility index (Phi) is 4.09. The van der Waals surface area contributed by atoms with E-state index in [4.69, 9.17) is 9.47 Å². The number of cyclic esters (lactones) is 2. The third-order valence-corrected chi connectivity index (χ3v) is 3.92. The summed E-state index contributed by atoms with van der Waals surface area (Å²) in [5, 5.41) is 0. The van der Waals surface area contributed by atoms with Crippen LogP contribution < -0.4 is 0 Å².